The first kappa shape index (κ1) is 14.3. The second-order valence-corrected chi connectivity index (χ2v) is 5.73. The van der Waals surface area contributed by atoms with Gasteiger partial charge < -0.3 is 9.52 Å². The lowest BCUT2D eigenvalue weighted by Gasteiger charge is -2.06. The number of phenolic OH excluding ortho intramolecular Hbond substituents is 1. The molecule has 0 aliphatic rings. The number of aromatic hydroxyl groups is 1. The van der Waals surface area contributed by atoms with Gasteiger partial charge in [-0.2, -0.15) is 0 Å². The molecule has 2 aromatic heterocycles. The van der Waals surface area contributed by atoms with Crippen LogP contribution < -0.4 is 5.32 Å². The Kier molecular flexibility index (Phi) is 3.68. The molecule has 1 aromatic carbocycles. The Hall–Kier alpha value is -2.60. The zero-order chi connectivity index (χ0) is 15.7. The summed E-state index contributed by atoms with van der Waals surface area (Å²) in [7, 11) is 0. The molecule has 0 saturated carbocycles. The van der Waals surface area contributed by atoms with E-state index in [1.165, 1.54) is 11.3 Å². The third-order valence-corrected chi connectivity index (χ3v) is 3.96. The fourth-order valence-corrected chi connectivity index (χ4v) is 2.72. The Morgan fingerprint density at radius 3 is 2.82 bits per heavy atom. The summed E-state index contributed by atoms with van der Waals surface area (Å²) in [5.41, 5.74) is 1.55. The van der Waals surface area contributed by atoms with E-state index in [4.69, 9.17) is 4.42 Å². The summed E-state index contributed by atoms with van der Waals surface area (Å²) in [6.07, 6.45) is 0. The van der Waals surface area contributed by atoms with Crippen LogP contribution in [0.3, 0.4) is 0 Å². The van der Waals surface area contributed by atoms with E-state index in [-0.39, 0.29) is 11.3 Å². The molecule has 0 aliphatic heterocycles. The first-order valence-electron chi connectivity index (χ1n) is 6.67. The quantitative estimate of drug-likeness (QED) is 0.767. The minimum Gasteiger partial charge on any atom is -0.507 e. The minimum atomic E-state index is -0.391. The van der Waals surface area contributed by atoms with E-state index in [1.807, 2.05) is 24.4 Å². The number of amides is 1. The maximum absolute atomic E-state index is 12.2. The van der Waals surface area contributed by atoms with Gasteiger partial charge in [0, 0.05) is 5.38 Å². The van der Waals surface area contributed by atoms with E-state index in [0.29, 0.717) is 22.1 Å². The van der Waals surface area contributed by atoms with Crippen molar-refractivity contribution in [3.05, 3.63) is 52.6 Å². The van der Waals surface area contributed by atoms with Gasteiger partial charge in [0.25, 0.3) is 5.91 Å². The molecule has 1 amide bonds. The van der Waals surface area contributed by atoms with Crippen LogP contribution in [0, 0.1) is 13.8 Å². The molecular weight excluding hydrogens is 300 g/mol. The van der Waals surface area contributed by atoms with Crippen molar-refractivity contribution in [1.29, 1.82) is 0 Å². The molecule has 0 radical (unpaired) electrons. The topological polar surface area (TPSA) is 75.4 Å². The lowest BCUT2D eigenvalue weighted by Crippen LogP contribution is -2.12. The number of nitrogens with one attached hydrogen (secondary N) is 1. The fraction of sp³-hybridized carbons (Fsp3) is 0.125. The molecule has 3 aromatic rings. The van der Waals surface area contributed by atoms with Crippen LogP contribution in [0.1, 0.15) is 21.7 Å². The molecule has 0 saturated heterocycles. The smallest absolute Gasteiger partial charge is 0.261 e. The fourth-order valence-electron chi connectivity index (χ4n) is 2.02. The molecule has 5 nitrogen and oxygen atoms in total. The van der Waals surface area contributed by atoms with Crippen LogP contribution in [0.4, 0.5) is 5.13 Å². The summed E-state index contributed by atoms with van der Waals surface area (Å²) in [4.78, 5) is 16.5. The number of carbonyl (C=O) groups is 1. The number of aromatic nitrogens is 1. The van der Waals surface area contributed by atoms with Gasteiger partial charge in [-0.15, -0.1) is 11.3 Å². The third-order valence-electron chi connectivity index (χ3n) is 3.20. The zero-order valence-corrected chi connectivity index (χ0v) is 12.9. The molecule has 2 heterocycles. The number of para-hydroxylation sites is 1. The number of hydrogen-bond donors (Lipinski definition) is 2. The van der Waals surface area contributed by atoms with Crippen LogP contribution in [0.5, 0.6) is 5.75 Å². The monoisotopic (exact) mass is 314 g/mol. The van der Waals surface area contributed by atoms with Crippen LogP contribution in [0.25, 0.3) is 11.5 Å². The molecule has 0 atom stereocenters. The summed E-state index contributed by atoms with van der Waals surface area (Å²) in [6.45, 7) is 3.60. The summed E-state index contributed by atoms with van der Waals surface area (Å²) >= 11 is 1.30. The third kappa shape index (κ3) is 2.73. The standard InChI is InChI=1S/C16H14N2O3S/c1-9-4-3-5-11(14(9)19)15(20)18-16-17-12(8-22-16)13-7-6-10(2)21-13/h3-8,19H,1-2H3,(H,17,18,20). The van der Waals surface area contributed by atoms with Gasteiger partial charge in [0.1, 0.15) is 17.2 Å². The number of anilines is 1. The van der Waals surface area contributed by atoms with Crippen molar-refractivity contribution in [2.24, 2.45) is 0 Å². The van der Waals surface area contributed by atoms with Crippen molar-refractivity contribution >= 4 is 22.4 Å². The number of hydrogen-bond acceptors (Lipinski definition) is 5. The van der Waals surface area contributed by atoms with Gasteiger partial charge in [-0.1, -0.05) is 12.1 Å². The van der Waals surface area contributed by atoms with E-state index in [1.54, 1.807) is 25.1 Å². The van der Waals surface area contributed by atoms with Crippen molar-refractivity contribution in [2.75, 3.05) is 5.32 Å². The summed E-state index contributed by atoms with van der Waals surface area (Å²) in [5, 5.41) is 14.9. The predicted molar refractivity (Wildman–Crippen MR) is 85.4 cm³/mol. The predicted octanol–water partition coefficient (Wildman–Crippen LogP) is 3.98. The maximum atomic E-state index is 12.2. The van der Waals surface area contributed by atoms with Gasteiger partial charge in [0.05, 0.1) is 5.56 Å². The number of thiazole rings is 1. The van der Waals surface area contributed by atoms with Crippen LogP contribution in [-0.4, -0.2) is 16.0 Å². The number of benzene rings is 1. The Morgan fingerprint density at radius 1 is 1.27 bits per heavy atom. The highest BCUT2D eigenvalue weighted by Gasteiger charge is 2.15. The Bertz CT molecular complexity index is 836. The number of carbonyl (C=O) groups excluding carboxylic acids is 1. The van der Waals surface area contributed by atoms with Crippen molar-refractivity contribution in [2.45, 2.75) is 13.8 Å². The Labute approximate surface area is 131 Å². The van der Waals surface area contributed by atoms with Crippen molar-refractivity contribution < 1.29 is 14.3 Å². The molecule has 3 rings (SSSR count). The summed E-state index contributed by atoms with van der Waals surface area (Å²) in [5.74, 6) is 1.06. The molecule has 0 unspecified atom stereocenters. The average molecular weight is 314 g/mol. The normalized spacial score (nSPS) is 10.6. The van der Waals surface area contributed by atoms with E-state index < -0.39 is 5.91 Å². The van der Waals surface area contributed by atoms with Crippen molar-refractivity contribution in [3.63, 3.8) is 0 Å². The van der Waals surface area contributed by atoms with Gasteiger partial charge in [-0.05, 0) is 37.6 Å². The lowest BCUT2D eigenvalue weighted by atomic mass is 10.1. The highest BCUT2D eigenvalue weighted by Crippen LogP contribution is 2.28. The second-order valence-electron chi connectivity index (χ2n) is 4.87. The molecule has 6 heteroatoms. The number of rotatable bonds is 3. The van der Waals surface area contributed by atoms with E-state index in [2.05, 4.69) is 10.3 Å². The molecular formula is C16H14N2O3S. The summed E-state index contributed by atoms with van der Waals surface area (Å²) in [6, 6.07) is 8.73. The Balaban J connectivity index is 1.80. The SMILES string of the molecule is Cc1ccc(-c2csc(NC(=O)c3cccc(C)c3O)n2)o1. The molecule has 0 bridgehead atoms. The largest absolute Gasteiger partial charge is 0.507 e. The van der Waals surface area contributed by atoms with E-state index >= 15 is 0 Å². The number of nitrogens with zero attached hydrogens (tertiary/aromatic N) is 1. The molecule has 2 N–H and O–H groups in total. The highest BCUT2D eigenvalue weighted by molar-refractivity contribution is 7.14. The van der Waals surface area contributed by atoms with Gasteiger partial charge in [-0.3, -0.25) is 10.1 Å². The van der Waals surface area contributed by atoms with Crippen LogP contribution >= 0.6 is 11.3 Å². The minimum absolute atomic E-state index is 0.0153. The molecule has 0 fully saturated rings. The highest BCUT2D eigenvalue weighted by atomic mass is 32.1. The van der Waals surface area contributed by atoms with E-state index in [0.717, 1.165) is 5.76 Å². The van der Waals surface area contributed by atoms with E-state index in [9.17, 15) is 9.90 Å². The lowest BCUT2D eigenvalue weighted by molar-refractivity contribution is 0.102. The Morgan fingerprint density at radius 2 is 2.09 bits per heavy atom. The maximum Gasteiger partial charge on any atom is 0.261 e. The average Bonchev–Trinajstić information content (AvgIpc) is 3.10. The second kappa shape index (κ2) is 5.65. The van der Waals surface area contributed by atoms with Crippen molar-refractivity contribution in [1.82, 2.24) is 4.98 Å². The number of aryl methyl sites for hydroxylation is 2. The van der Waals surface area contributed by atoms with Crippen LogP contribution in [0.15, 0.2) is 40.1 Å². The van der Waals surface area contributed by atoms with Crippen molar-refractivity contribution in [3.8, 4) is 17.2 Å². The first-order valence-corrected chi connectivity index (χ1v) is 7.55. The summed E-state index contributed by atoms with van der Waals surface area (Å²) < 4.78 is 5.50. The molecule has 112 valence electrons. The van der Waals surface area contributed by atoms with Crippen LogP contribution in [-0.2, 0) is 0 Å². The zero-order valence-electron chi connectivity index (χ0n) is 12.1. The van der Waals surface area contributed by atoms with Gasteiger partial charge in [0.15, 0.2) is 10.9 Å². The number of phenols is 1. The molecule has 0 spiro atoms. The molecule has 0 aliphatic carbocycles. The van der Waals surface area contributed by atoms with Gasteiger partial charge in [0.2, 0.25) is 0 Å². The van der Waals surface area contributed by atoms with Gasteiger partial charge >= 0.3 is 0 Å². The van der Waals surface area contributed by atoms with Crippen LogP contribution in [0.2, 0.25) is 0 Å². The first-order chi connectivity index (χ1) is 10.5. The number of furan rings is 1. The van der Waals surface area contributed by atoms with Gasteiger partial charge in [-0.25, -0.2) is 4.98 Å². The molecule has 22 heavy (non-hydrogen) atoms.